The van der Waals surface area contributed by atoms with Crippen molar-refractivity contribution >= 4 is 38.9 Å². The zero-order valence-corrected chi connectivity index (χ0v) is 15.5. The van der Waals surface area contributed by atoms with Crippen LogP contribution in [0.4, 0.5) is 5.13 Å². The number of thiazole rings is 1. The molecule has 6 nitrogen and oxygen atoms in total. The predicted octanol–water partition coefficient (Wildman–Crippen LogP) is 2.09. The Morgan fingerprint density at radius 1 is 1.25 bits per heavy atom. The molecule has 3 rings (SSSR count). The predicted molar refractivity (Wildman–Crippen MR) is 98.8 cm³/mol. The van der Waals surface area contributed by atoms with Gasteiger partial charge in [0.15, 0.2) is 5.13 Å². The smallest absolute Gasteiger partial charge is 0.240 e. The quantitative estimate of drug-likeness (QED) is 0.818. The summed E-state index contributed by atoms with van der Waals surface area (Å²) in [6, 6.07) is 8.50. The Hall–Kier alpha value is -1.19. The monoisotopic (exact) mass is 388 g/mol. The van der Waals surface area contributed by atoms with Crippen LogP contribution in [0.5, 0.6) is 0 Å². The van der Waals surface area contributed by atoms with Gasteiger partial charge in [0.1, 0.15) is 0 Å². The summed E-state index contributed by atoms with van der Waals surface area (Å²) in [4.78, 5) is 7.83. The van der Waals surface area contributed by atoms with E-state index in [0.717, 1.165) is 37.4 Å². The first kappa shape index (κ1) is 19.1. The molecule has 9 heteroatoms. The highest BCUT2D eigenvalue weighted by Crippen LogP contribution is 2.20. The molecular formula is C15H21ClN4O2S2. The number of nitrogens with zero attached hydrogens (tertiary/aromatic N) is 2. The summed E-state index contributed by atoms with van der Waals surface area (Å²) in [7, 11) is -3.43. The Kier molecular flexibility index (Phi) is 6.59. The van der Waals surface area contributed by atoms with Gasteiger partial charge in [-0.15, -0.1) is 23.7 Å². The molecule has 132 valence electrons. The second-order valence-corrected chi connectivity index (χ2v) is 8.51. The lowest BCUT2D eigenvalue weighted by atomic mass is 10.1. The number of halogens is 1. The van der Waals surface area contributed by atoms with E-state index in [1.165, 1.54) is 11.3 Å². The number of nitrogen functional groups attached to an aromatic ring is 1. The first-order valence-corrected chi connectivity index (χ1v) is 9.83. The summed E-state index contributed by atoms with van der Waals surface area (Å²) in [5.74, 6) is 0. The number of aromatic nitrogens is 1. The zero-order valence-electron chi connectivity index (χ0n) is 13.1. The van der Waals surface area contributed by atoms with Gasteiger partial charge in [0.25, 0.3) is 0 Å². The molecule has 0 aliphatic carbocycles. The molecule has 0 unspecified atom stereocenters. The van der Waals surface area contributed by atoms with Crippen LogP contribution in [0.15, 0.2) is 41.4 Å². The molecule has 2 heterocycles. The Morgan fingerprint density at radius 3 is 2.50 bits per heavy atom. The van der Waals surface area contributed by atoms with Gasteiger partial charge in [-0.1, -0.05) is 18.2 Å². The van der Waals surface area contributed by atoms with Gasteiger partial charge in [0, 0.05) is 36.8 Å². The minimum absolute atomic E-state index is 0. The maximum absolute atomic E-state index is 12.3. The summed E-state index contributed by atoms with van der Waals surface area (Å²) >= 11 is 1.50. The molecule has 1 fully saturated rings. The van der Waals surface area contributed by atoms with Crippen molar-refractivity contribution in [2.75, 3.05) is 18.8 Å². The second kappa shape index (κ2) is 8.26. The Labute approximate surface area is 152 Å². The molecule has 1 saturated heterocycles. The van der Waals surface area contributed by atoms with Crippen molar-refractivity contribution in [1.29, 1.82) is 0 Å². The van der Waals surface area contributed by atoms with E-state index in [0.29, 0.717) is 10.0 Å². The summed E-state index contributed by atoms with van der Waals surface area (Å²) in [6.07, 6.45) is 3.42. The average Bonchev–Trinajstić information content (AvgIpc) is 2.95. The first-order valence-electron chi connectivity index (χ1n) is 7.53. The summed E-state index contributed by atoms with van der Waals surface area (Å²) in [5.41, 5.74) is 5.64. The highest BCUT2D eigenvalue weighted by Gasteiger charge is 2.24. The van der Waals surface area contributed by atoms with Crippen LogP contribution in [-0.4, -0.2) is 37.4 Å². The van der Waals surface area contributed by atoms with Gasteiger partial charge in [-0.05, 0) is 25.0 Å². The molecule has 0 atom stereocenters. The zero-order chi connectivity index (χ0) is 16.3. The molecule has 2 aromatic rings. The first-order chi connectivity index (χ1) is 11.0. The average molecular weight is 389 g/mol. The number of nitrogens with two attached hydrogens (primary N) is 1. The number of likely N-dealkylation sites (tertiary alicyclic amines) is 1. The molecule has 3 N–H and O–H groups in total. The molecule has 24 heavy (non-hydrogen) atoms. The topological polar surface area (TPSA) is 88.3 Å². The molecular weight excluding hydrogens is 368 g/mol. The van der Waals surface area contributed by atoms with E-state index in [1.54, 1.807) is 24.3 Å². The van der Waals surface area contributed by atoms with E-state index in [4.69, 9.17) is 5.73 Å². The molecule has 0 spiro atoms. The number of piperidine rings is 1. The molecule has 1 aliphatic heterocycles. The molecule has 0 radical (unpaired) electrons. The summed E-state index contributed by atoms with van der Waals surface area (Å²) < 4.78 is 27.5. The number of anilines is 1. The van der Waals surface area contributed by atoms with Crippen molar-refractivity contribution in [2.24, 2.45) is 0 Å². The molecule has 1 aromatic heterocycles. The van der Waals surface area contributed by atoms with Crippen LogP contribution >= 0.6 is 23.7 Å². The minimum atomic E-state index is -3.43. The van der Waals surface area contributed by atoms with Crippen molar-refractivity contribution in [2.45, 2.75) is 30.3 Å². The van der Waals surface area contributed by atoms with Crippen molar-refractivity contribution in [1.82, 2.24) is 14.6 Å². The maximum atomic E-state index is 12.3. The van der Waals surface area contributed by atoms with Gasteiger partial charge >= 0.3 is 0 Å². The number of nitrogens with one attached hydrogen (secondary N) is 1. The van der Waals surface area contributed by atoms with Gasteiger partial charge in [0.05, 0.1) is 4.90 Å². The SMILES string of the molecule is Cl.Nc1ncc(CN2CCC(NS(=O)(=O)c3ccccc3)CC2)s1. The van der Waals surface area contributed by atoms with Crippen LogP contribution in [0, 0.1) is 0 Å². The number of sulfonamides is 1. The van der Waals surface area contributed by atoms with Crippen LogP contribution in [-0.2, 0) is 16.6 Å². The van der Waals surface area contributed by atoms with E-state index in [1.807, 2.05) is 12.3 Å². The largest absolute Gasteiger partial charge is 0.375 e. The lowest BCUT2D eigenvalue weighted by molar-refractivity contribution is 0.201. The second-order valence-electron chi connectivity index (χ2n) is 5.65. The Bertz CT molecular complexity index is 744. The van der Waals surface area contributed by atoms with Crippen LogP contribution in [0.25, 0.3) is 0 Å². The van der Waals surface area contributed by atoms with Gasteiger partial charge in [-0.3, -0.25) is 4.90 Å². The number of rotatable bonds is 5. The van der Waals surface area contributed by atoms with Gasteiger partial charge in [-0.25, -0.2) is 18.1 Å². The highest BCUT2D eigenvalue weighted by atomic mass is 35.5. The van der Waals surface area contributed by atoms with E-state index < -0.39 is 10.0 Å². The Balaban J connectivity index is 0.00000208. The highest BCUT2D eigenvalue weighted by molar-refractivity contribution is 7.89. The molecule has 1 aromatic carbocycles. The van der Waals surface area contributed by atoms with E-state index in [2.05, 4.69) is 14.6 Å². The van der Waals surface area contributed by atoms with E-state index in [9.17, 15) is 8.42 Å². The van der Waals surface area contributed by atoms with Gasteiger partial charge in [0.2, 0.25) is 10.0 Å². The fourth-order valence-corrected chi connectivity index (χ4v) is 4.76. The molecule has 0 amide bonds. The molecule has 1 aliphatic rings. The minimum Gasteiger partial charge on any atom is -0.375 e. The lowest BCUT2D eigenvalue weighted by Gasteiger charge is -2.31. The van der Waals surface area contributed by atoms with Gasteiger partial charge in [-0.2, -0.15) is 0 Å². The fraction of sp³-hybridized carbons (Fsp3) is 0.400. The van der Waals surface area contributed by atoms with E-state index in [-0.39, 0.29) is 18.4 Å². The van der Waals surface area contributed by atoms with Crippen LogP contribution in [0.1, 0.15) is 17.7 Å². The molecule has 0 saturated carbocycles. The number of hydrogen-bond donors (Lipinski definition) is 2. The number of hydrogen-bond acceptors (Lipinski definition) is 6. The normalized spacial score (nSPS) is 16.7. The maximum Gasteiger partial charge on any atom is 0.240 e. The fourth-order valence-electron chi connectivity index (χ4n) is 2.71. The van der Waals surface area contributed by atoms with Crippen molar-refractivity contribution in [3.63, 3.8) is 0 Å². The third-order valence-corrected chi connectivity index (χ3v) is 6.26. The third-order valence-electron chi connectivity index (χ3n) is 3.91. The van der Waals surface area contributed by atoms with Crippen molar-refractivity contribution in [3.05, 3.63) is 41.4 Å². The van der Waals surface area contributed by atoms with Crippen molar-refractivity contribution < 1.29 is 8.42 Å². The summed E-state index contributed by atoms with van der Waals surface area (Å²) in [6.45, 7) is 2.55. The Morgan fingerprint density at radius 2 is 1.92 bits per heavy atom. The van der Waals surface area contributed by atoms with Gasteiger partial charge < -0.3 is 5.73 Å². The number of benzene rings is 1. The standard InChI is InChI=1S/C15H20N4O2S2.ClH/c16-15-17-10-13(22-15)11-19-8-6-12(7-9-19)18-23(20,21)14-4-2-1-3-5-14;/h1-5,10,12,18H,6-9,11H2,(H2,16,17);1H. The van der Waals surface area contributed by atoms with Crippen molar-refractivity contribution in [3.8, 4) is 0 Å². The van der Waals surface area contributed by atoms with Crippen LogP contribution in [0.2, 0.25) is 0 Å². The van der Waals surface area contributed by atoms with Crippen LogP contribution in [0.3, 0.4) is 0 Å². The third kappa shape index (κ3) is 4.90. The lowest BCUT2D eigenvalue weighted by Crippen LogP contribution is -2.44. The van der Waals surface area contributed by atoms with E-state index >= 15 is 0 Å². The summed E-state index contributed by atoms with van der Waals surface area (Å²) in [5, 5.41) is 0.588. The molecule has 0 bridgehead atoms. The van der Waals surface area contributed by atoms with Crippen LogP contribution < -0.4 is 10.5 Å².